The van der Waals surface area contributed by atoms with Crippen molar-refractivity contribution in [1.29, 1.82) is 0 Å². The molecule has 1 rings (SSSR count). The molecule has 0 fully saturated rings. The van der Waals surface area contributed by atoms with Crippen LogP contribution in [-0.4, -0.2) is 0 Å². The van der Waals surface area contributed by atoms with E-state index in [1.54, 1.807) is 0 Å². The van der Waals surface area contributed by atoms with Crippen LogP contribution in [0.5, 0.6) is 0 Å². The van der Waals surface area contributed by atoms with E-state index in [1.807, 2.05) is 0 Å². The molecule has 1 aromatic rings. The lowest BCUT2D eigenvalue weighted by molar-refractivity contribution is 0.508. The Kier molecular flexibility index (Phi) is 3.70. The van der Waals surface area contributed by atoms with Crippen molar-refractivity contribution in [2.75, 3.05) is 0 Å². The van der Waals surface area contributed by atoms with Crippen LogP contribution in [0.25, 0.3) is 0 Å². The van der Waals surface area contributed by atoms with Gasteiger partial charge in [0.2, 0.25) is 0 Å². The standard InChI is InChI=1S/C13H21N/c1-9(2)7-13(14)12-8-10(3)5-6-11(12)4/h5-6,8-9,13H,7,14H2,1-4H3. The molecule has 0 amide bonds. The SMILES string of the molecule is Cc1ccc(C)c(C(N)CC(C)C)c1. The predicted molar refractivity (Wildman–Crippen MR) is 62.3 cm³/mol. The van der Waals surface area contributed by atoms with Gasteiger partial charge in [-0.25, -0.2) is 0 Å². The van der Waals surface area contributed by atoms with Crippen molar-refractivity contribution in [3.05, 3.63) is 34.9 Å². The van der Waals surface area contributed by atoms with Gasteiger partial charge in [0.25, 0.3) is 0 Å². The molecule has 2 N–H and O–H groups in total. The van der Waals surface area contributed by atoms with E-state index in [1.165, 1.54) is 16.7 Å². The minimum Gasteiger partial charge on any atom is -0.324 e. The number of hydrogen-bond acceptors (Lipinski definition) is 1. The molecule has 0 aliphatic rings. The van der Waals surface area contributed by atoms with Gasteiger partial charge >= 0.3 is 0 Å². The second-order valence-electron chi connectivity index (χ2n) is 4.60. The first-order valence-corrected chi connectivity index (χ1v) is 5.33. The van der Waals surface area contributed by atoms with Crippen LogP contribution in [0.15, 0.2) is 18.2 Å². The van der Waals surface area contributed by atoms with Crippen LogP contribution in [0.3, 0.4) is 0 Å². The van der Waals surface area contributed by atoms with E-state index in [2.05, 4.69) is 45.9 Å². The fraction of sp³-hybridized carbons (Fsp3) is 0.538. The number of hydrogen-bond donors (Lipinski definition) is 1. The average molecular weight is 191 g/mol. The van der Waals surface area contributed by atoms with Crippen molar-refractivity contribution in [2.45, 2.75) is 40.2 Å². The molecule has 0 heterocycles. The van der Waals surface area contributed by atoms with Crippen LogP contribution in [-0.2, 0) is 0 Å². The fourth-order valence-electron chi connectivity index (χ4n) is 1.79. The van der Waals surface area contributed by atoms with Gasteiger partial charge in [0, 0.05) is 6.04 Å². The van der Waals surface area contributed by atoms with Gasteiger partial charge < -0.3 is 5.73 Å². The average Bonchev–Trinajstić information content (AvgIpc) is 2.08. The molecule has 0 aliphatic carbocycles. The quantitative estimate of drug-likeness (QED) is 0.779. The normalized spacial score (nSPS) is 13.3. The summed E-state index contributed by atoms with van der Waals surface area (Å²) in [7, 11) is 0. The molecule has 0 spiro atoms. The molecular formula is C13H21N. The summed E-state index contributed by atoms with van der Waals surface area (Å²) in [6, 6.07) is 6.70. The van der Waals surface area contributed by atoms with Gasteiger partial charge in [0.15, 0.2) is 0 Å². The van der Waals surface area contributed by atoms with Gasteiger partial charge in [-0.2, -0.15) is 0 Å². The summed E-state index contributed by atoms with van der Waals surface area (Å²) < 4.78 is 0. The molecule has 78 valence electrons. The van der Waals surface area contributed by atoms with Gasteiger partial charge in [-0.3, -0.25) is 0 Å². The van der Waals surface area contributed by atoms with E-state index < -0.39 is 0 Å². The summed E-state index contributed by atoms with van der Waals surface area (Å²) in [5.74, 6) is 0.657. The zero-order chi connectivity index (χ0) is 10.7. The highest BCUT2D eigenvalue weighted by Gasteiger charge is 2.10. The lowest BCUT2D eigenvalue weighted by atomic mass is 9.93. The molecule has 1 atom stereocenters. The molecule has 0 radical (unpaired) electrons. The first kappa shape index (κ1) is 11.3. The summed E-state index contributed by atoms with van der Waals surface area (Å²) in [5.41, 5.74) is 10.1. The highest BCUT2D eigenvalue weighted by atomic mass is 14.6. The van der Waals surface area contributed by atoms with Gasteiger partial charge in [0.1, 0.15) is 0 Å². The summed E-state index contributed by atoms with van der Waals surface area (Å²) in [5, 5.41) is 0. The first-order chi connectivity index (χ1) is 6.50. The molecule has 1 aromatic carbocycles. The number of nitrogens with two attached hydrogens (primary N) is 1. The van der Waals surface area contributed by atoms with Gasteiger partial charge in [-0.1, -0.05) is 37.6 Å². The minimum atomic E-state index is 0.190. The summed E-state index contributed by atoms with van der Waals surface area (Å²) in [6.45, 7) is 8.68. The van der Waals surface area contributed by atoms with Crippen molar-refractivity contribution in [2.24, 2.45) is 11.7 Å². The number of benzene rings is 1. The molecule has 1 unspecified atom stereocenters. The third-order valence-electron chi connectivity index (χ3n) is 2.56. The van der Waals surface area contributed by atoms with E-state index >= 15 is 0 Å². The van der Waals surface area contributed by atoms with Gasteiger partial charge in [0.05, 0.1) is 0 Å². The lowest BCUT2D eigenvalue weighted by Gasteiger charge is -2.17. The third-order valence-corrected chi connectivity index (χ3v) is 2.56. The second kappa shape index (κ2) is 4.61. The monoisotopic (exact) mass is 191 g/mol. The maximum absolute atomic E-state index is 6.17. The Labute approximate surface area is 87.3 Å². The molecular weight excluding hydrogens is 170 g/mol. The Bertz CT molecular complexity index is 302. The molecule has 0 saturated carbocycles. The minimum absolute atomic E-state index is 0.190. The highest BCUT2D eigenvalue weighted by Crippen LogP contribution is 2.22. The zero-order valence-corrected chi connectivity index (χ0v) is 9.67. The number of rotatable bonds is 3. The van der Waals surface area contributed by atoms with Crippen LogP contribution < -0.4 is 5.73 Å². The van der Waals surface area contributed by atoms with Crippen LogP contribution in [0, 0.1) is 19.8 Å². The van der Waals surface area contributed by atoms with E-state index in [0.29, 0.717) is 5.92 Å². The summed E-state index contributed by atoms with van der Waals surface area (Å²) >= 11 is 0. The van der Waals surface area contributed by atoms with E-state index in [0.717, 1.165) is 6.42 Å². The Hall–Kier alpha value is -0.820. The van der Waals surface area contributed by atoms with Gasteiger partial charge in [-0.15, -0.1) is 0 Å². The maximum atomic E-state index is 6.17. The molecule has 1 heteroatoms. The molecule has 0 aromatic heterocycles. The summed E-state index contributed by atoms with van der Waals surface area (Å²) in [4.78, 5) is 0. The van der Waals surface area contributed by atoms with E-state index in [4.69, 9.17) is 5.73 Å². The van der Waals surface area contributed by atoms with Gasteiger partial charge in [-0.05, 0) is 37.3 Å². The van der Waals surface area contributed by atoms with Crippen molar-refractivity contribution in [3.8, 4) is 0 Å². The second-order valence-corrected chi connectivity index (χ2v) is 4.60. The first-order valence-electron chi connectivity index (χ1n) is 5.33. The van der Waals surface area contributed by atoms with E-state index in [9.17, 15) is 0 Å². The Morgan fingerprint density at radius 2 is 1.86 bits per heavy atom. The molecule has 0 bridgehead atoms. The van der Waals surface area contributed by atoms with Crippen molar-refractivity contribution >= 4 is 0 Å². The third kappa shape index (κ3) is 2.85. The zero-order valence-electron chi connectivity index (χ0n) is 9.67. The molecule has 0 aliphatic heterocycles. The number of aryl methyl sites for hydroxylation is 2. The van der Waals surface area contributed by atoms with Crippen LogP contribution in [0.4, 0.5) is 0 Å². The maximum Gasteiger partial charge on any atom is 0.0300 e. The van der Waals surface area contributed by atoms with Crippen molar-refractivity contribution < 1.29 is 0 Å². The van der Waals surface area contributed by atoms with Crippen molar-refractivity contribution in [3.63, 3.8) is 0 Å². The van der Waals surface area contributed by atoms with Crippen LogP contribution in [0.1, 0.15) is 43.0 Å². The molecule has 14 heavy (non-hydrogen) atoms. The lowest BCUT2D eigenvalue weighted by Crippen LogP contribution is -2.14. The highest BCUT2D eigenvalue weighted by molar-refractivity contribution is 5.32. The van der Waals surface area contributed by atoms with Crippen LogP contribution >= 0.6 is 0 Å². The summed E-state index contributed by atoms with van der Waals surface area (Å²) in [6.07, 6.45) is 1.06. The predicted octanol–water partition coefficient (Wildman–Crippen LogP) is 3.35. The van der Waals surface area contributed by atoms with E-state index in [-0.39, 0.29) is 6.04 Å². The Morgan fingerprint density at radius 1 is 1.21 bits per heavy atom. The largest absolute Gasteiger partial charge is 0.324 e. The van der Waals surface area contributed by atoms with Crippen LogP contribution in [0.2, 0.25) is 0 Å². The topological polar surface area (TPSA) is 26.0 Å². The Balaban J connectivity index is 2.88. The smallest absolute Gasteiger partial charge is 0.0300 e. The fourth-order valence-corrected chi connectivity index (χ4v) is 1.79. The van der Waals surface area contributed by atoms with Crippen molar-refractivity contribution in [1.82, 2.24) is 0 Å². The Morgan fingerprint density at radius 3 is 2.43 bits per heavy atom. The molecule has 1 nitrogen and oxygen atoms in total. The molecule has 0 saturated heterocycles.